The highest BCUT2D eigenvalue weighted by Crippen LogP contribution is 2.25. The second-order valence-electron chi connectivity index (χ2n) is 23.9. The number of amides is 1. The molecule has 0 spiro atoms. The minimum atomic E-state index is -0.0276. The quantitative estimate of drug-likeness (QED) is 0.0446. The molecule has 0 bridgehead atoms. The molecule has 0 fully saturated rings. The van der Waals surface area contributed by atoms with E-state index in [0.29, 0.717) is 50.2 Å². The molecule has 0 aromatic heterocycles. The Labute approximate surface area is 463 Å². The zero-order valence-corrected chi connectivity index (χ0v) is 51.4. The second-order valence-corrected chi connectivity index (χ2v) is 23.9. The van der Waals surface area contributed by atoms with Crippen LogP contribution in [0.3, 0.4) is 0 Å². The number of carbonyl (C=O) groups is 3. The van der Waals surface area contributed by atoms with Crippen LogP contribution in [0.25, 0.3) is 0 Å². The summed E-state index contributed by atoms with van der Waals surface area (Å²) in [6.45, 7) is 14.3. The van der Waals surface area contributed by atoms with Gasteiger partial charge in [-0.25, -0.2) is 0 Å². The van der Waals surface area contributed by atoms with Crippen LogP contribution in [0, 0.1) is 11.8 Å². The number of hydrogen-bond donors (Lipinski definition) is 0. The normalized spacial score (nSPS) is 12.9. The van der Waals surface area contributed by atoms with E-state index in [1.54, 1.807) is 0 Å². The third-order valence-corrected chi connectivity index (χ3v) is 16.2. The standard InChI is InChI=1S/C67H132N2O5/c1-8-13-18-23-28-30-34-41-51-62(49-39-32-25-20-15-10-3)60-73-66(71)56-46-37-43-53-64(69(59-48-58-68(6)7)65(70)55-45-36-27-22-17-12-5)54-44-38-47-57-67(72)74-61-63(50-40-33-26-21-16-11-4)52-42-35-31-29-24-19-14-9-2/h62-64H,8-61H2,1-7H3. The Morgan fingerprint density at radius 3 is 0.905 bits per heavy atom. The fourth-order valence-electron chi connectivity index (χ4n) is 11.1. The highest BCUT2D eigenvalue weighted by atomic mass is 16.5. The van der Waals surface area contributed by atoms with Gasteiger partial charge in [-0.05, 0) is 96.7 Å². The van der Waals surface area contributed by atoms with Crippen LogP contribution in [0.15, 0.2) is 0 Å². The van der Waals surface area contributed by atoms with Gasteiger partial charge in [-0.3, -0.25) is 14.4 Å². The minimum absolute atomic E-state index is 0.0276. The Bertz CT molecular complexity index is 1110. The highest BCUT2D eigenvalue weighted by molar-refractivity contribution is 5.76. The summed E-state index contributed by atoms with van der Waals surface area (Å²) in [5, 5.41) is 0. The molecule has 0 aliphatic carbocycles. The lowest BCUT2D eigenvalue weighted by Gasteiger charge is -2.33. The van der Waals surface area contributed by atoms with E-state index in [0.717, 1.165) is 83.7 Å². The molecule has 74 heavy (non-hydrogen) atoms. The Kier molecular flexibility index (Phi) is 56.3. The van der Waals surface area contributed by atoms with Crippen molar-refractivity contribution in [2.24, 2.45) is 11.8 Å². The molecule has 0 aliphatic rings. The average molecular weight is 1050 g/mol. The summed E-state index contributed by atoms with van der Waals surface area (Å²) in [5.74, 6) is 1.25. The van der Waals surface area contributed by atoms with Gasteiger partial charge >= 0.3 is 11.9 Å². The largest absolute Gasteiger partial charge is 0.465 e. The Morgan fingerprint density at radius 1 is 0.311 bits per heavy atom. The lowest BCUT2D eigenvalue weighted by molar-refractivity contribution is -0.146. The van der Waals surface area contributed by atoms with Crippen molar-refractivity contribution in [3.8, 4) is 0 Å². The van der Waals surface area contributed by atoms with Gasteiger partial charge in [-0.15, -0.1) is 0 Å². The van der Waals surface area contributed by atoms with E-state index in [-0.39, 0.29) is 18.0 Å². The first-order chi connectivity index (χ1) is 36.2. The first kappa shape index (κ1) is 72.4. The summed E-state index contributed by atoms with van der Waals surface area (Å²) >= 11 is 0. The van der Waals surface area contributed by atoms with Gasteiger partial charge in [0.2, 0.25) is 5.91 Å². The van der Waals surface area contributed by atoms with Gasteiger partial charge in [0.05, 0.1) is 13.2 Å². The molecule has 440 valence electrons. The SMILES string of the molecule is CCCCCCCCCCC(CCCCCCCC)COC(=O)CCCCCC(CCCCCC(=O)OCC(CCCCCCCC)CCCCCCCCCC)N(CCCN(C)C)C(=O)CCCCCCCC. The van der Waals surface area contributed by atoms with E-state index in [1.807, 2.05) is 0 Å². The number of unbranched alkanes of at least 4 members (excludes halogenated alkanes) is 33. The van der Waals surface area contributed by atoms with Gasteiger partial charge in [0.15, 0.2) is 0 Å². The van der Waals surface area contributed by atoms with Crippen LogP contribution in [-0.2, 0) is 23.9 Å². The summed E-state index contributed by atoms with van der Waals surface area (Å²) in [4.78, 5) is 44.9. The van der Waals surface area contributed by atoms with Crippen LogP contribution in [0.5, 0.6) is 0 Å². The van der Waals surface area contributed by atoms with E-state index in [9.17, 15) is 14.4 Å². The Balaban J connectivity index is 5.40. The number of esters is 2. The molecule has 0 radical (unpaired) electrons. The molecule has 0 aliphatic heterocycles. The van der Waals surface area contributed by atoms with Crippen LogP contribution in [0.2, 0.25) is 0 Å². The Morgan fingerprint density at radius 2 is 0.581 bits per heavy atom. The molecule has 0 saturated carbocycles. The lowest BCUT2D eigenvalue weighted by Crippen LogP contribution is -2.41. The summed E-state index contributed by atoms with van der Waals surface area (Å²) in [5.41, 5.74) is 0. The van der Waals surface area contributed by atoms with E-state index >= 15 is 0 Å². The number of nitrogens with zero attached hydrogens (tertiary/aromatic N) is 2. The van der Waals surface area contributed by atoms with E-state index < -0.39 is 0 Å². The number of ether oxygens (including phenoxy) is 2. The number of hydrogen-bond acceptors (Lipinski definition) is 6. The molecule has 2 unspecified atom stereocenters. The smallest absolute Gasteiger partial charge is 0.305 e. The van der Waals surface area contributed by atoms with Gasteiger partial charge in [0, 0.05) is 31.8 Å². The van der Waals surface area contributed by atoms with Crippen molar-refractivity contribution >= 4 is 17.8 Å². The van der Waals surface area contributed by atoms with Crippen LogP contribution < -0.4 is 0 Å². The van der Waals surface area contributed by atoms with Crippen LogP contribution in [-0.4, -0.2) is 74.1 Å². The molecule has 1 amide bonds. The maximum Gasteiger partial charge on any atom is 0.305 e. The van der Waals surface area contributed by atoms with Gasteiger partial charge in [0.1, 0.15) is 0 Å². The fraction of sp³-hybridized carbons (Fsp3) is 0.955. The van der Waals surface area contributed by atoms with Gasteiger partial charge in [-0.1, -0.05) is 272 Å². The van der Waals surface area contributed by atoms with Crippen molar-refractivity contribution in [1.29, 1.82) is 0 Å². The topological polar surface area (TPSA) is 76.2 Å². The molecule has 0 rings (SSSR count). The molecule has 2 atom stereocenters. The molecular weight excluding hydrogens is 913 g/mol. The van der Waals surface area contributed by atoms with Gasteiger partial charge in [-0.2, -0.15) is 0 Å². The molecule has 7 nitrogen and oxygen atoms in total. The molecule has 0 heterocycles. The summed E-state index contributed by atoms with van der Waals surface area (Å²) in [6, 6.07) is 0.196. The summed E-state index contributed by atoms with van der Waals surface area (Å²) in [7, 11) is 4.24. The predicted molar refractivity (Wildman–Crippen MR) is 322 cm³/mol. The van der Waals surface area contributed by atoms with Crippen molar-refractivity contribution in [2.45, 2.75) is 362 Å². The van der Waals surface area contributed by atoms with Crippen molar-refractivity contribution in [2.75, 3.05) is 40.4 Å². The monoisotopic (exact) mass is 1050 g/mol. The third kappa shape index (κ3) is 49.9. The maximum absolute atomic E-state index is 14.1. The minimum Gasteiger partial charge on any atom is -0.465 e. The molecule has 0 saturated heterocycles. The molecule has 0 aromatic rings. The lowest BCUT2D eigenvalue weighted by atomic mass is 9.94. The van der Waals surface area contributed by atoms with Crippen LogP contribution in [0.4, 0.5) is 0 Å². The highest BCUT2D eigenvalue weighted by Gasteiger charge is 2.23. The van der Waals surface area contributed by atoms with Crippen molar-refractivity contribution in [1.82, 2.24) is 9.80 Å². The van der Waals surface area contributed by atoms with Crippen molar-refractivity contribution in [3.63, 3.8) is 0 Å². The van der Waals surface area contributed by atoms with Gasteiger partial charge in [0.25, 0.3) is 0 Å². The molecule has 0 N–H and O–H groups in total. The van der Waals surface area contributed by atoms with E-state index in [2.05, 4.69) is 58.5 Å². The van der Waals surface area contributed by atoms with Crippen LogP contribution in [0.1, 0.15) is 356 Å². The fourth-order valence-corrected chi connectivity index (χ4v) is 11.1. The predicted octanol–water partition coefficient (Wildman–Crippen LogP) is 20.7. The Hall–Kier alpha value is -1.63. The molecule has 7 heteroatoms. The summed E-state index contributed by atoms with van der Waals surface area (Å²) < 4.78 is 12.0. The average Bonchev–Trinajstić information content (AvgIpc) is 3.39. The van der Waals surface area contributed by atoms with E-state index in [1.165, 1.54) is 231 Å². The summed E-state index contributed by atoms with van der Waals surface area (Å²) in [6.07, 6.45) is 59.1. The number of rotatable bonds is 60. The van der Waals surface area contributed by atoms with Gasteiger partial charge < -0.3 is 19.3 Å². The zero-order chi connectivity index (χ0) is 54.2. The maximum atomic E-state index is 14.1. The molecule has 0 aromatic carbocycles. The third-order valence-electron chi connectivity index (χ3n) is 16.2. The van der Waals surface area contributed by atoms with E-state index in [4.69, 9.17) is 9.47 Å². The van der Waals surface area contributed by atoms with Crippen molar-refractivity contribution in [3.05, 3.63) is 0 Å². The first-order valence-corrected chi connectivity index (χ1v) is 33.5. The second kappa shape index (κ2) is 57.5. The molecular formula is C67H132N2O5. The zero-order valence-electron chi connectivity index (χ0n) is 51.4. The van der Waals surface area contributed by atoms with Crippen molar-refractivity contribution < 1.29 is 23.9 Å². The first-order valence-electron chi connectivity index (χ1n) is 33.5. The van der Waals surface area contributed by atoms with Crippen LogP contribution >= 0.6 is 0 Å². The number of carbonyl (C=O) groups excluding carboxylic acids is 3.